The van der Waals surface area contributed by atoms with Crippen LogP contribution in [0.15, 0.2) is 53.7 Å². The summed E-state index contributed by atoms with van der Waals surface area (Å²) in [6, 6.07) is 14.5. The average Bonchev–Trinajstić information content (AvgIpc) is 2.44. The van der Waals surface area contributed by atoms with E-state index in [4.69, 9.17) is 4.99 Å². The zero-order valence-corrected chi connectivity index (χ0v) is 11.6. The molecular formula is C17H18N2. The van der Waals surface area contributed by atoms with Crippen LogP contribution in [-0.4, -0.2) is 16.2 Å². The Balaban J connectivity index is 2.24. The van der Waals surface area contributed by atoms with E-state index in [2.05, 4.69) is 50.0 Å². The predicted octanol–water partition coefficient (Wildman–Crippen LogP) is 3.81. The van der Waals surface area contributed by atoms with Crippen LogP contribution < -0.4 is 0 Å². The molecule has 1 unspecified atom stereocenters. The minimum absolute atomic E-state index is 0.0960. The van der Waals surface area contributed by atoms with Crippen LogP contribution in [0.1, 0.15) is 43.5 Å². The van der Waals surface area contributed by atoms with Gasteiger partial charge in [0, 0.05) is 17.7 Å². The van der Waals surface area contributed by atoms with Crippen molar-refractivity contribution in [2.75, 3.05) is 0 Å². The van der Waals surface area contributed by atoms with Gasteiger partial charge in [0.1, 0.15) is 0 Å². The zero-order chi connectivity index (χ0) is 13.5. The molecule has 0 amide bonds. The molecule has 0 saturated heterocycles. The van der Waals surface area contributed by atoms with Crippen molar-refractivity contribution in [2.24, 2.45) is 4.99 Å². The monoisotopic (exact) mass is 250 g/mol. The lowest BCUT2D eigenvalue weighted by Crippen LogP contribution is -2.33. The topological polar surface area (TPSA) is 25.2 Å². The van der Waals surface area contributed by atoms with E-state index in [1.807, 2.05) is 24.4 Å². The molecule has 1 aromatic heterocycles. The minimum atomic E-state index is -0.0960. The number of hydrogen-bond donors (Lipinski definition) is 0. The lowest BCUT2D eigenvalue weighted by molar-refractivity contribution is 0.432. The second-order valence-electron chi connectivity index (χ2n) is 5.64. The number of aliphatic imine (C=N–C) groups is 1. The van der Waals surface area contributed by atoms with Crippen molar-refractivity contribution >= 4 is 5.71 Å². The fraction of sp³-hybridized carbons (Fsp3) is 0.294. The standard InChI is InChI=1S/C17H18N2/c1-12-13-8-4-5-9-14(13)16(19-17(12,2)3)15-10-6-7-11-18-15/h4-12H,1-3H3. The highest BCUT2D eigenvalue weighted by Gasteiger charge is 2.34. The molecule has 0 saturated carbocycles. The van der Waals surface area contributed by atoms with Gasteiger partial charge in [-0.1, -0.05) is 37.3 Å². The lowest BCUT2D eigenvalue weighted by atomic mass is 9.77. The number of pyridine rings is 1. The van der Waals surface area contributed by atoms with Gasteiger partial charge >= 0.3 is 0 Å². The van der Waals surface area contributed by atoms with Crippen molar-refractivity contribution < 1.29 is 0 Å². The van der Waals surface area contributed by atoms with E-state index in [-0.39, 0.29) is 5.54 Å². The maximum atomic E-state index is 4.96. The molecule has 0 bridgehead atoms. The summed E-state index contributed by atoms with van der Waals surface area (Å²) in [7, 11) is 0. The summed E-state index contributed by atoms with van der Waals surface area (Å²) >= 11 is 0. The number of hydrogen-bond acceptors (Lipinski definition) is 2. The van der Waals surface area contributed by atoms with Crippen LogP contribution in [0, 0.1) is 0 Å². The molecule has 2 aromatic rings. The van der Waals surface area contributed by atoms with Crippen LogP contribution in [0.3, 0.4) is 0 Å². The highest BCUT2D eigenvalue weighted by atomic mass is 14.9. The quantitative estimate of drug-likeness (QED) is 0.755. The Morgan fingerprint density at radius 1 is 1.00 bits per heavy atom. The van der Waals surface area contributed by atoms with E-state index in [1.54, 1.807) is 0 Å². The van der Waals surface area contributed by atoms with E-state index in [0.29, 0.717) is 5.92 Å². The van der Waals surface area contributed by atoms with Gasteiger partial charge in [0.15, 0.2) is 0 Å². The van der Waals surface area contributed by atoms with Gasteiger partial charge in [-0.05, 0) is 31.5 Å². The van der Waals surface area contributed by atoms with E-state index >= 15 is 0 Å². The largest absolute Gasteiger partial charge is 0.276 e. The molecule has 3 rings (SSSR count). The summed E-state index contributed by atoms with van der Waals surface area (Å²) in [6.45, 7) is 6.63. The van der Waals surface area contributed by atoms with E-state index in [1.165, 1.54) is 11.1 Å². The fourth-order valence-corrected chi connectivity index (χ4v) is 2.61. The number of rotatable bonds is 1. The van der Waals surface area contributed by atoms with Gasteiger partial charge in [0.2, 0.25) is 0 Å². The molecule has 2 nitrogen and oxygen atoms in total. The molecule has 0 radical (unpaired) electrons. The van der Waals surface area contributed by atoms with E-state index in [0.717, 1.165) is 11.4 Å². The molecule has 0 aliphatic carbocycles. The first-order valence-electron chi connectivity index (χ1n) is 6.70. The van der Waals surface area contributed by atoms with Crippen LogP contribution in [-0.2, 0) is 0 Å². The summed E-state index contributed by atoms with van der Waals surface area (Å²) < 4.78 is 0. The fourth-order valence-electron chi connectivity index (χ4n) is 2.61. The Morgan fingerprint density at radius 3 is 2.47 bits per heavy atom. The summed E-state index contributed by atoms with van der Waals surface area (Å²) in [5.41, 5.74) is 4.45. The Labute approximate surface area is 114 Å². The van der Waals surface area contributed by atoms with Gasteiger partial charge in [-0.25, -0.2) is 0 Å². The minimum Gasteiger partial charge on any atom is -0.276 e. The number of aromatic nitrogens is 1. The van der Waals surface area contributed by atoms with Gasteiger partial charge in [-0.15, -0.1) is 0 Å². The summed E-state index contributed by atoms with van der Waals surface area (Å²) in [6.07, 6.45) is 1.82. The predicted molar refractivity (Wildman–Crippen MR) is 78.8 cm³/mol. The Morgan fingerprint density at radius 2 is 1.74 bits per heavy atom. The third kappa shape index (κ3) is 1.97. The molecule has 2 heteroatoms. The molecule has 2 heterocycles. The van der Waals surface area contributed by atoms with Crippen molar-refractivity contribution in [1.29, 1.82) is 0 Å². The molecule has 1 aromatic carbocycles. The average molecular weight is 250 g/mol. The first-order chi connectivity index (χ1) is 9.09. The molecule has 1 aliphatic rings. The number of benzene rings is 1. The third-order valence-corrected chi connectivity index (χ3v) is 4.05. The van der Waals surface area contributed by atoms with Crippen LogP contribution >= 0.6 is 0 Å². The van der Waals surface area contributed by atoms with Gasteiger partial charge in [0.25, 0.3) is 0 Å². The van der Waals surface area contributed by atoms with Gasteiger partial charge in [0.05, 0.1) is 16.9 Å². The van der Waals surface area contributed by atoms with Crippen molar-refractivity contribution in [3.8, 4) is 0 Å². The molecule has 0 fully saturated rings. The van der Waals surface area contributed by atoms with Crippen molar-refractivity contribution in [1.82, 2.24) is 4.98 Å². The highest BCUT2D eigenvalue weighted by molar-refractivity contribution is 6.13. The van der Waals surface area contributed by atoms with Gasteiger partial charge < -0.3 is 0 Å². The number of fused-ring (bicyclic) bond motifs is 1. The van der Waals surface area contributed by atoms with Gasteiger partial charge in [-0.2, -0.15) is 0 Å². The second kappa shape index (κ2) is 4.30. The summed E-state index contributed by atoms with van der Waals surface area (Å²) in [5, 5.41) is 0. The third-order valence-electron chi connectivity index (χ3n) is 4.05. The molecular weight excluding hydrogens is 232 g/mol. The highest BCUT2D eigenvalue weighted by Crippen LogP contribution is 2.38. The molecule has 19 heavy (non-hydrogen) atoms. The molecule has 1 atom stereocenters. The van der Waals surface area contributed by atoms with Crippen LogP contribution in [0.25, 0.3) is 0 Å². The van der Waals surface area contributed by atoms with Crippen LogP contribution in [0.2, 0.25) is 0 Å². The van der Waals surface area contributed by atoms with Crippen molar-refractivity contribution in [3.05, 3.63) is 65.5 Å². The first-order valence-corrected chi connectivity index (χ1v) is 6.70. The van der Waals surface area contributed by atoms with Crippen molar-refractivity contribution in [2.45, 2.75) is 32.2 Å². The second-order valence-corrected chi connectivity index (χ2v) is 5.64. The van der Waals surface area contributed by atoms with E-state index in [9.17, 15) is 0 Å². The van der Waals surface area contributed by atoms with Gasteiger partial charge in [-0.3, -0.25) is 9.98 Å². The normalized spacial score (nSPS) is 20.6. The maximum Gasteiger partial charge on any atom is 0.0912 e. The van der Waals surface area contributed by atoms with Crippen molar-refractivity contribution in [3.63, 3.8) is 0 Å². The maximum absolute atomic E-state index is 4.96. The molecule has 1 aliphatic heterocycles. The summed E-state index contributed by atoms with van der Waals surface area (Å²) in [5.74, 6) is 0.413. The molecule has 0 N–H and O–H groups in total. The van der Waals surface area contributed by atoms with Crippen LogP contribution in [0.4, 0.5) is 0 Å². The van der Waals surface area contributed by atoms with Crippen LogP contribution in [0.5, 0.6) is 0 Å². The Kier molecular flexibility index (Phi) is 2.74. The van der Waals surface area contributed by atoms with E-state index < -0.39 is 0 Å². The number of nitrogens with zero attached hydrogens (tertiary/aromatic N) is 2. The smallest absolute Gasteiger partial charge is 0.0912 e. The zero-order valence-electron chi connectivity index (χ0n) is 11.6. The first kappa shape index (κ1) is 12.1. The lowest BCUT2D eigenvalue weighted by Gasteiger charge is -2.35. The molecule has 0 spiro atoms. The summed E-state index contributed by atoms with van der Waals surface area (Å²) in [4.78, 5) is 9.42. The molecule has 96 valence electrons. The Bertz CT molecular complexity index is 627. The Hall–Kier alpha value is -1.96. The SMILES string of the molecule is CC1c2ccccc2C(c2ccccn2)=NC1(C)C.